The molecule has 2 rings (SSSR count). The second-order valence-corrected chi connectivity index (χ2v) is 3.49. The summed E-state index contributed by atoms with van der Waals surface area (Å²) in [6, 6.07) is 9.74. The average molecular weight is 218 g/mol. The smallest absolute Gasteiger partial charge is 0.180 e. The number of benzene rings is 1. The fourth-order valence-electron chi connectivity index (χ4n) is 1.53. The van der Waals surface area contributed by atoms with Crippen LogP contribution in [0.3, 0.4) is 0 Å². The molecule has 2 aromatic rings. The Bertz CT molecular complexity index is 400. The zero-order chi connectivity index (χ0) is 11.2. The van der Waals surface area contributed by atoms with Gasteiger partial charge in [0.25, 0.3) is 0 Å². The van der Waals surface area contributed by atoms with E-state index in [2.05, 4.69) is 10.3 Å². The summed E-state index contributed by atoms with van der Waals surface area (Å²) in [5.41, 5.74) is 1.06. The van der Waals surface area contributed by atoms with E-state index in [4.69, 9.17) is 4.42 Å². The number of aliphatic hydroxyl groups is 1. The van der Waals surface area contributed by atoms with Crippen LogP contribution in [0.4, 0.5) is 0 Å². The first-order valence-corrected chi connectivity index (χ1v) is 5.16. The zero-order valence-electron chi connectivity index (χ0n) is 8.84. The SMILES string of the molecule is OCC(NCc1cnco1)c1ccccc1. The van der Waals surface area contributed by atoms with Crippen molar-refractivity contribution in [2.45, 2.75) is 12.6 Å². The Morgan fingerprint density at radius 3 is 2.75 bits per heavy atom. The molecule has 0 spiro atoms. The predicted molar refractivity (Wildman–Crippen MR) is 59.6 cm³/mol. The van der Waals surface area contributed by atoms with Gasteiger partial charge in [-0.3, -0.25) is 0 Å². The number of nitrogens with one attached hydrogen (secondary N) is 1. The highest BCUT2D eigenvalue weighted by Crippen LogP contribution is 2.12. The van der Waals surface area contributed by atoms with Crippen LogP contribution in [0.1, 0.15) is 17.4 Å². The third-order valence-electron chi connectivity index (χ3n) is 2.39. The quantitative estimate of drug-likeness (QED) is 0.798. The van der Waals surface area contributed by atoms with Crippen LogP contribution in [0, 0.1) is 0 Å². The largest absolute Gasteiger partial charge is 0.447 e. The summed E-state index contributed by atoms with van der Waals surface area (Å²) in [7, 11) is 0. The highest BCUT2D eigenvalue weighted by molar-refractivity contribution is 5.18. The second kappa shape index (κ2) is 5.44. The molecule has 4 nitrogen and oxygen atoms in total. The molecule has 0 saturated carbocycles. The molecule has 16 heavy (non-hydrogen) atoms. The fourth-order valence-corrected chi connectivity index (χ4v) is 1.53. The maximum absolute atomic E-state index is 9.30. The van der Waals surface area contributed by atoms with E-state index < -0.39 is 0 Å². The van der Waals surface area contributed by atoms with Gasteiger partial charge in [0.15, 0.2) is 6.39 Å². The molecule has 0 amide bonds. The van der Waals surface area contributed by atoms with E-state index >= 15 is 0 Å². The molecule has 0 saturated heterocycles. The summed E-state index contributed by atoms with van der Waals surface area (Å²) in [6.45, 7) is 0.609. The average Bonchev–Trinajstić information content (AvgIpc) is 2.84. The first kappa shape index (κ1) is 10.9. The molecule has 1 unspecified atom stereocenters. The number of hydrogen-bond acceptors (Lipinski definition) is 4. The maximum atomic E-state index is 9.30. The Morgan fingerprint density at radius 1 is 1.31 bits per heavy atom. The molecule has 0 aliphatic carbocycles. The Morgan fingerprint density at radius 2 is 2.12 bits per heavy atom. The molecule has 4 heteroatoms. The van der Waals surface area contributed by atoms with Crippen LogP contribution in [-0.4, -0.2) is 16.7 Å². The minimum atomic E-state index is -0.0775. The van der Waals surface area contributed by atoms with Gasteiger partial charge in [0.1, 0.15) is 5.76 Å². The lowest BCUT2D eigenvalue weighted by Crippen LogP contribution is -2.23. The molecule has 0 fully saturated rings. The van der Waals surface area contributed by atoms with E-state index in [0.717, 1.165) is 11.3 Å². The second-order valence-electron chi connectivity index (χ2n) is 3.49. The number of rotatable bonds is 5. The molecule has 1 aromatic heterocycles. The zero-order valence-corrected chi connectivity index (χ0v) is 8.84. The Kier molecular flexibility index (Phi) is 3.69. The van der Waals surface area contributed by atoms with Crippen molar-refractivity contribution in [1.29, 1.82) is 0 Å². The van der Waals surface area contributed by atoms with Gasteiger partial charge < -0.3 is 14.8 Å². The minimum absolute atomic E-state index is 0.0537. The van der Waals surface area contributed by atoms with E-state index in [1.807, 2.05) is 30.3 Å². The minimum Gasteiger partial charge on any atom is -0.447 e. The summed E-state index contributed by atoms with van der Waals surface area (Å²) in [6.07, 6.45) is 3.06. The van der Waals surface area contributed by atoms with Crippen LogP contribution >= 0.6 is 0 Å². The maximum Gasteiger partial charge on any atom is 0.180 e. The van der Waals surface area contributed by atoms with Crippen molar-refractivity contribution >= 4 is 0 Å². The molecule has 0 aliphatic heterocycles. The van der Waals surface area contributed by atoms with Crippen molar-refractivity contribution in [2.75, 3.05) is 6.61 Å². The van der Waals surface area contributed by atoms with Gasteiger partial charge in [-0.25, -0.2) is 4.98 Å². The van der Waals surface area contributed by atoms with Gasteiger partial charge in [-0.1, -0.05) is 30.3 Å². The van der Waals surface area contributed by atoms with Crippen LogP contribution in [0.2, 0.25) is 0 Å². The molecule has 0 bridgehead atoms. The van der Waals surface area contributed by atoms with Gasteiger partial charge in [0.2, 0.25) is 0 Å². The normalized spacial score (nSPS) is 12.6. The molecule has 84 valence electrons. The highest BCUT2D eigenvalue weighted by Gasteiger charge is 2.09. The van der Waals surface area contributed by atoms with Gasteiger partial charge >= 0.3 is 0 Å². The van der Waals surface area contributed by atoms with Crippen molar-refractivity contribution in [1.82, 2.24) is 10.3 Å². The summed E-state index contributed by atoms with van der Waals surface area (Å²) >= 11 is 0. The van der Waals surface area contributed by atoms with Crippen LogP contribution in [0.25, 0.3) is 0 Å². The number of hydrogen-bond donors (Lipinski definition) is 2. The monoisotopic (exact) mass is 218 g/mol. The standard InChI is InChI=1S/C12H14N2O2/c15-8-12(10-4-2-1-3-5-10)14-7-11-6-13-9-16-11/h1-6,9,12,14-15H,7-8H2. The molecule has 1 atom stereocenters. The van der Waals surface area contributed by atoms with Crippen molar-refractivity contribution in [2.24, 2.45) is 0 Å². The van der Waals surface area contributed by atoms with Gasteiger partial charge in [-0.05, 0) is 5.56 Å². The third kappa shape index (κ3) is 2.68. The topological polar surface area (TPSA) is 58.3 Å². The summed E-state index contributed by atoms with van der Waals surface area (Å²) < 4.78 is 5.11. The number of aliphatic hydroxyl groups excluding tert-OH is 1. The Balaban J connectivity index is 1.96. The number of aromatic nitrogens is 1. The van der Waals surface area contributed by atoms with Crippen molar-refractivity contribution in [3.05, 3.63) is 54.2 Å². The van der Waals surface area contributed by atoms with Crippen LogP contribution in [0.5, 0.6) is 0 Å². The lowest BCUT2D eigenvalue weighted by molar-refractivity contribution is 0.241. The number of oxazole rings is 1. The van der Waals surface area contributed by atoms with Crippen molar-refractivity contribution in [3.63, 3.8) is 0 Å². The first-order valence-electron chi connectivity index (χ1n) is 5.16. The predicted octanol–water partition coefficient (Wildman–Crippen LogP) is 1.50. The fraction of sp³-hybridized carbons (Fsp3) is 0.250. The molecule has 1 heterocycles. The molecule has 1 aromatic carbocycles. The summed E-state index contributed by atoms with van der Waals surface area (Å²) in [5.74, 6) is 0.759. The Hall–Kier alpha value is -1.65. The number of nitrogens with zero attached hydrogens (tertiary/aromatic N) is 1. The Labute approximate surface area is 93.9 Å². The van der Waals surface area contributed by atoms with E-state index in [9.17, 15) is 5.11 Å². The molecule has 0 aliphatic rings. The van der Waals surface area contributed by atoms with E-state index in [1.165, 1.54) is 6.39 Å². The van der Waals surface area contributed by atoms with Crippen LogP contribution in [-0.2, 0) is 6.54 Å². The first-order chi connectivity index (χ1) is 7.90. The van der Waals surface area contributed by atoms with Crippen LogP contribution < -0.4 is 5.32 Å². The van der Waals surface area contributed by atoms with Gasteiger partial charge in [-0.2, -0.15) is 0 Å². The van der Waals surface area contributed by atoms with Gasteiger partial charge in [-0.15, -0.1) is 0 Å². The highest BCUT2D eigenvalue weighted by atomic mass is 16.3. The lowest BCUT2D eigenvalue weighted by atomic mass is 10.1. The van der Waals surface area contributed by atoms with Gasteiger partial charge in [0, 0.05) is 0 Å². The van der Waals surface area contributed by atoms with Crippen molar-refractivity contribution < 1.29 is 9.52 Å². The van der Waals surface area contributed by atoms with E-state index in [0.29, 0.717) is 6.54 Å². The molecule has 2 N–H and O–H groups in total. The molecule has 0 radical (unpaired) electrons. The third-order valence-corrected chi connectivity index (χ3v) is 2.39. The van der Waals surface area contributed by atoms with Gasteiger partial charge in [0.05, 0.1) is 25.4 Å². The van der Waals surface area contributed by atoms with Crippen molar-refractivity contribution in [3.8, 4) is 0 Å². The molecular weight excluding hydrogens is 204 g/mol. The van der Waals surface area contributed by atoms with E-state index in [1.54, 1.807) is 6.20 Å². The lowest BCUT2D eigenvalue weighted by Gasteiger charge is -2.15. The summed E-state index contributed by atoms with van der Waals surface area (Å²) in [4.78, 5) is 3.83. The van der Waals surface area contributed by atoms with Crippen LogP contribution in [0.15, 0.2) is 47.3 Å². The molecular formula is C12H14N2O2. The summed E-state index contributed by atoms with van der Waals surface area (Å²) in [5, 5.41) is 12.5. The van der Waals surface area contributed by atoms with E-state index in [-0.39, 0.29) is 12.6 Å².